The highest BCUT2D eigenvalue weighted by atomic mass is 35.5. The number of aryl methyl sites for hydroxylation is 2. The first kappa shape index (κ1) is 20.1. The van der Waals surface area contributed by atoms with E-state index in [-0.39, 0.29) is 16.8 Å². The third-order valence-corrected chi connectivity index (χ3v) is 6.02. The lowest BCUT2D eigenvalue weighted by Crippen LogP contribution is -2.29. The molecule has 1 atom stereocenters. The average molecular weight is 429 g/mol. The molecule has 0 spiro atoms. The molecule has 4 rings (SSSR count). The molecule has 0 N–H and O–H groups in total. The SMILES string of the molecule is Cc1nn(C)c(C)c1C1CCCN1c1cnn(-c2ccc([N+](=O)[O-])cc2)c(=O)c1Cl. The maximum Gasteiger partial charge on any atom is 0.292 e. The Kier molecular flexibility index (Phi) is 5.07. The molecule has 0 aliphatic carbocycles. The van der Waals surface area contributed by atoms with E-state index in [0.717, 1.165) is 41.0 Å². The zero-order valence-electron chi connectivity index (χ0n) is 16.9. The molecule has 0 bridgehead atoms. The maximum absolute atomic E-state index is 12.9. The van der Waals surface area contributed by atoms with Gasteiger partial charge in [-0.05, 0) is 38.8 Å². The summed E-state index contributed by atoms with van der Waals surface area (Å²) < 4.78 is 3.02. The number of aromatic nitrogens is 4. The summed E-state index contributed by atoms with van der Waals surface area (Å²) in [5.41, 5.74) is 3.69. The van der Waals surface area contributed by atoms with Crippen molar-refractivity contribution in [3.05, 3.63) is 72.9 Å². The van der Waals surface area contributed by atoms with Crippen LogP contribution in [0.15, 0.2) is 35.3 Å². The minimum absolute atomic E-state index is 0.0587. The van der Waals surface area contributed by atoms with Gasteiger partial charge in [0.05, 0.1) is 34.2 Å². The quantitative estimate of drug-likeness (QED) is 0.466. The normalized spacial score (nSPS) is 16.3. The number of rotatable bonds is 4. The molecule has 30 heavy (non-hydrogen) atoms. The lowest BCUT2D eigenvalue weighted by molar-refractivity contribution is -0.384. The Labute approximate surface area is 177 Å². The van der Waals surface area contributed by atoms with Crippen LogP contribution in [0.4, 0.5) is 11.4 Å². The molecule has 2 aromatic heterocycles. The Morgan fingerprint density at radius 2 is 1.93 bits per heavy atom. The van der Waals surface area contributed by atoms with Crippen LogP contribution >= 0.6 is 11.6 Å². The molecule has 1 aliphatic heterocycles. The Hall–Kier alpha value is -3.20. The number of anilines is 1. The molecule has 3 aromatic rings. The first-order valence-corrected chi connectivity index (χ1v) is 9.96. The van der Waals surface area contributed by atoms with Crippen LogP contribution < -0.4 is 10.5 Å². The van der Waals surface area contributed by atoms with E-state index in [2.05, 4.69) is 15.1 Å². The predicted octanol–water partition coefficient (Wildman–Crippen LogP) is 3.49. The highest BCUT2D eigenvalue weighted by molar-refractivity contribution is 6.33. The van der Waals surface area contributed by atoms with Crippen LogP contribution in [-0.2, 0) is 7.05 Å². The summed E-state index contributed by atoms with van der Waals surface area (Å²) in [6.45, 7) is 4.80. The minimum Gasteiger partial charge on any atom is -0.362 e. The second kappa shape index (κ2) is 7.56. The van der Waals surface area contributed by atoms with Crippen LogP contribution in [0, 0.1) is 24.0 Å². The second-order valence-corrected chi connectivity index (χ2v) is 7.77. The Morgan fingerprint density at radius 1 is 1.23 bits per heavy atom. The van der Waals surface area contributed by atoms with E-state index >= 15 is 0 Å². The van der Waals surface area contributed by atoms with Crippen LogP contribution in [0.5, 0.6) is 0 Å². The van der Waals surface area contributed by atoms with Gasteiger partial charge in [-0.25, -0.2) is 0 Å². The summed E-state index contributed by atoms with van der Waals surface area (Å²) in [7, 11) is 1.92. The van der Waals surface area contributed by atoms with Gasteiger partial charge in [-0.2, -0.15) is 14.9 Å². The summed E-state index contributed by atoms with van der Waals surface area (Å²) in [4.78, 5) is 25.4. The van der Waals surface area contributed by atoms with Gasteiger partial charge in [0.1, 0.15) is 5.02 Å². The molecule has 1 fully saturated rings. The van der Waals surface area contributed by atoms with Crippen LogP contribution in [0.1, 0.15) is 35.8 Å². The molecule has 1 aliphatic rings. The highest BCUT2D eigenvalue weighted by Gasteiger charge is 2.32. The summed E-state index contributed by atoms with van der Waals surface area (Å²) in [5, 5.41) is 19.7. The van der Waals surface area contributed by atoms with Crippen molar-refractivity contribution in [2.75, 3.05) is 11.4 Å². The number of nitrogens with zero attached hydrogens (tertiary/aromatic N) is 6. The Morgan fingerprint density at radius 3 is 2.53 bits per heavy atom. The van der Waals surface area contributed by atoms with E-state index in [0.29, 0.717) is 11.4 Å². The van der Waals surface area contributed by atoms with Crippen molar-refractivity contribution in [1.29, 1.82) is 0 Å². The lowest BCUT2D eigenvalue weighted by atomic mass is 10.0. The molecule has 3 heterocycles. The third-order valence-electron chi connectivity index (χ3n) is 5.67. The fourth-order valence-electron chi connectivity index (χ4n) is 4.15. The second-order valence-electron chi connectivity index (χ2n) is 7.39. The molecule has 10 heteroatoms. The third kappa shape index (κ3) is 3.24. The van der Waals surface area contributed by atoms with Crippen LogP contribution in [-0.4, -0.2) is 31.0 Å². The van der Waals surface area contributed by atoms with Crippen molar-refractivity contribution >= 4 is 23.0 Å². The van der Waals surface area contributed by atoms with Crippen molar-refractivity contribution in [2.45, 2.75) is 32.7 Å². The zero-order chi connectivity index (χ0) is 21.6. The van der Waals surface area contributed by atoms with Crippen LogP contribution in [0.2, 0.25) is 5.02 Å². The van der Waals surface area contributed by atoms with Gasteiger partial charge in [0.2, 0.25) is 0 Å². The molecule has 0 saturated carbocycles. The molecule has 1 aromatic carbocycles. The van der Waals surface area contributed by atoms with Crippen molar-refractivity contribution in [2.24, 2.45) is 7.05 Å². The number of benzene rings is 1. The number of hydrogen-bond donors (Lipinski definition) is 0. The lowest BCUT2D eigenvalue weighted by Gasteiger charge is -2.28. The fraction of sp³-hybridized carbons (Fsp3) is 0.350. The summed E-state index contributed by atoms with van der Waals surface area (Å²) in [6, 6.07) is 5.69. The predicted molar refractivity (Wildman–Crippen MR) is 114 cm³/mol. The standard InChI is InChI=1S/C20H21ClN6O3/c1-12-18(13(2)24(3)23-12)16-5-4-10-25(16)17-11-22-26(20(28)19(17)21)14-6-8-15(9-7-14)27(29)30/h6-9,11,16H,4-5,10H2,1-3H3. The molecular weight excluding hydrogens is 408 g/mol. The number of halogens is 1. The Balaban J connectivity index is 1.73. The topological polar surface area (TPSA) is 99.1 Å². The number of nitro benzene ring substituents is 1. The van der Waals surface area contributed by atoms with E-state index in [1.54, 1.807) is 6.20 Å². The number of hydrogen-bond acceptors (Lipinski definition) is 6. The molecule has 1 saturated heterocycles. The van der Waals surface area contributed by atoms with Gasteiger partial charge in [0.15, 0.2) is 0 Å². The average Bonchev–Trinajstić information content (AvgIpc) is 3.28. The van der Waals surface area contributed by atoms with E-state index in [1.807, 2.05) is 25.6 Å². The van der Waals surface area contributed by atoms with E-state index in [1.165, 1.54) is 24.3 Å². The molecule has 0 radical (unpaired) electrons. The van der Waals surface area contributed by atoms with Gasteiger partial charge in [-0.15, -0.1) is 0 Å². The van der Waals surface area contributed by atoms with E-state index < -0.39 is 10.5 Å². The van der Waals surface area contributed by atoms with Crippen molar-refractivity contribution in [1.82, 2.24) is 19.6 Å². The van der Waals surface area contributed by atoms with Crippen molar-refractivity contribution in [3.8, 4) is 5.69 Å². The smallest absolute Gasteiger partial charge is 0.292 e. The van der Waals surface area contributed by atoms with E-state index in [4.69, 9.17) is 11.6 Å². The van der Waals surface area contributed by atoms with E-state index in [9.17, 15) is 14.9 Å². The van der Waals surface area contributed by atoms with Crippen LogP contribution in [0.3, 0.4) is 0 Å². The molecule has 0 amide bonds. The highest BCUT2D eigenvalue weighted by Crippen LogP contribution is 2.40. The minimum atomic E-state index is -0.494. The molecule has 1 unspecified atom stereocenters. The zero-order valence-corrected chi connectivity index (χ0v) is 17.6. The summed E-state index contributed by atoms with van der Waals surface area (Å²) in [6.07, 6.45) is 3.50. The van der Waals surface area contributed by atoms with Gasteiger partial charge in [-0.3, -0.25) is 19.6 Å². The summed E-state index contributed by atoms with van der Waals surface area (Å²) >= 11 is 6.50. The van der Waals surface area contributed by atoms with Gasteiger partial charge in [0, 0.05) is 37.0 Å². The van der Waals surface area contributed by atoms with Crippen LogP contribution in [0.25, 0.3) is 5.69 Å². The number of nitro groups is 1. The van der Waals surface area contributed by atoms with Crippen molar-refractivity contribution < 1.29 is 4.92 Å². The maximum atomic E-state index is 12.9. The van der Waals surface area contributed by atoms with Crippen molar-refractivity contribution in [3.63, 3.8) is 0 Å². The van der Waals surface area contributed by atoms with Gasteiger partial charge < -0.3 is 4.90 Å². The molecule has 9 nitrogen and oxygen atoms in total. The van der Waals surface area contributed by atoms with Gasteiger partial charge >= 0.3 is 0 Å². The van der Waals surface area contributed by atoms with Gasteiger partial charge in [-0.1, -0.05) is 11.6 Å². The number of non-ortho nitro benzene ring substituents is 1. The monoisotopic (exact) mass is 428 g/mol. The summed E-state index contributed by atoms with van der Waals surface area (Å²) in [5.74, 6) is 0. The first-order valence-electron chi connectivity index (χ1n) is 9.59. The first-order chi connectivity index (χ1) is 14.3. The Bertz CT molecular complexity index is 1180. The molecular formula is C20H21ClN6O3. The fourth-order valence-corrected chi connectivity index (χ4v) is 4.39. The van der Waals surface area contributed by atoms with Gasteiger partial charge in [0.25, 0.3) is 11.2 Å². The largest absolute Gasteiger partial charge is 0.362 e. The molecule has 156 valence electrons.